The molecule has 2 aromatic rings. The smallest absolute Gasteiger partial charge is 0.110 e. The third kappa shape index (κ3) is 1.74. The fraction of sp³-hybridized carbons (Fsp3) is 0.385. The molecule has 0 unspecified atom stereocenters. The van der Waals surface area contributed by atoms with Crippen LogP contribution in [0.1, 0.15) is 17.9 Å². The molecule has 3 rings (SSSR count). The molecule has 3 heterocycles. The zero-order valence-corrected chi connectivity index (χ0v) is 9.76. The molecule has 0 bridgehead atoms. The minimum absolute atomic E-state index is 0.659. The van der Waals surface area contributed by atoms with Crippen molar-refractivity contribution in [2.75, 3.05) is 6.54 Å². The van der Waals surface area contributed by atoms with E-state index in [0.717, 1.165) is 36.5 Å². The van der Waals surface area contributed by atoms with E-state index in [4.69, 9.17) is 10.7 Å². The van der Waals surface area contributed by atoms with E-state index in [1.807, 2.05) is 24.5 Å². The molecule has 17 heavy (non-hydrogen) atoms. The van der Waals surface area contributed by atoms with Gasteiger partial charge in [-0.25, -0.2) is 4.98 Å². The number of pyridine rings is 1. The van der Waals surface area contributed by atoms with Crippen LogP contribution in [-0.4, -0.2) is 21.1 Å². The Morgan fingerprint density at radius 3 is 2.88 bits per heavy atom. The predicted molar refractivity (Wildman–Crippen MR) is 66.5 cm³/mol. The van der Waals surface area contributed by atoms with Gasteiger partial charge in [0.25, 0.3) is 0 Å². The van der Waals surface area contributed by atoms with E-state index < -0.39 is 0 Å². The average molecular weight is 228 g/mol. The highest BCUT2D eigenvalue weighted by Gasteiger charge is 2.21. The molecule has 0 saturated heterocycles. The topological polar surface area (TPSA) is 56.7 Å². The van der Waals surface area contributed by atoms with Crippen LogP contribution < -0.4 is 5.73 Å². The van der Waals surface area contributed by atoms with Crippen LogP contribution in [0.4, 0.5) is 0 Å². The first kappa shape index (κ1) is 10.5. The van der Waals surface area contributed by atoms with Crippen molar-refractivity contribution < 1.29 is 0 Å². The van der Waals surface area contributed by atoms with Gasteiger partial charge in [-0.2, -0.15) is 0 Å². The summed E-state index contributed by atoms with van der Waals surface area (Å²) >= 11 is 0. The Labute approximate surface area is 101 Å². The molecule has 0 radical (unpaired) electrons. The summed E-state index contributed by atoms with van der Waals surface area (Å²) in [4.78, 5) is 8.80. The molecule has 88 valence electrons. The number of hydrogen-bond donors (Lipinski definition) is 1. The fourth-order valence-electron chi connectivity index (χ4n) is 2.52. The lowest BCUT2D eigenvalue weighted by atomic mass is 10.1. The third-order valence-electron chi connectivity index (χ3n) is 3.27. The highest BCUT2D eigenvalue weighted by molar-refractivity contribution is 5.62. The quantitative estimate of drug-likeness (QED) is 0.863. The molecule has 0 atom stereocenters. The van der Waals surface area contributed by atoms with Crippen LogP contribution in [0, 0.1) is 0 Å². The fourth-order valence-corrected chi connectivity index (χ4v) is 2.52. The lowest BCUT2D eigenvalue weighted by Gasteiger charge is -2.01. The third-order valence-corrected chi connectivity index (χ3v) is 3.27. The summed E-state index contributed by atoms with van der Waals surface area (Å²) < 4.78 is 2.34. The highest BCUT2D eigenvalue weighted by Crippen LogP contribution is 2.29. The number of aromatic nitrogens is 3. The number of rotatable bonds is 3. The van der Waals surface area contributed by atoms with Gasteiger partial charge in [0.05, 0.1) is 5.69 Å². The summed E-state index contributed by atoms with van der Waals surface area (Å²) in [6.45, 7) is 1.75. The van der Waals surface area contributed by atoms with E-state index in [-0.39, 0.29) is 0 Å². The van der Waals surface area contributed by atoms with Crippen LogP contribution in [0.2, 0.25) is 0 Å². The van der Waals surface area contributed by atoms with Gasteiger partial charge < -0.3 is 10.3 Å². The van der Waals surface area contributed by atoms with Crippen molar-refractivity contribution in [3.63, 3.8) is 0 Å². The summed E-state index contributed by atoms with van der Waals surface area (Å²) in [5.41, 5.74) is 9.28. The monoisotopic (exact) mass is 228 g/mol. The zero-order chi connectivity index (χ0) is 11.7. The first-order chi connectivity index (χ1) is 8.40. The molecule has 1 aliphatic heterocycles. The Balaban J connectivity index is 2.09. The lowest BCUT2D eigenvalue weighted by Crippen LogP contribution is -2.08. The van der Waals surface area contributed by atoms with Gasteiger partial charge in [-0.05, 0) is 31.5 Å². The van der Waals surface area contributed by atoms with Crippen LogP contribution in [0.15, 0.2) is 24.5 Å². The van der Waals surface area contributed by atoms with E-state index >= 15 is 0 Å². The maximum Gasteiger partial charge on any atom is 0.110 e. The first-order valence-electron chi connectivity index (χ1n) is 6.09. The van der Waals surface area contributed by atoms with Crippen LogP contribution >= 0.6 is 0 Å². The second-order valence-corrected chi connectivity index (χ2v) is 4.35. The molecule has 1 aliphatic rings. The molecule has 0 aliphatic carbocycles. The van der Waals surface area contributed by atoms with Crippen molar-refractivity contribution in [2.24, 2.45) is 5.73 Å². The SMILES string of the molecule is NCCc1nc(-c2ccncc2)c2n1CCC2. The lowest BCUT2D eigenvalue weighted by molar-refractivity contribution is 0.685. The maximum atomic E-state index is 5.64. The summed E-state index contributed by atoms with van der Waals surface area (Å²) in [5, 5.41) is 0. The van der Waals surface area contributed by atoms with E-state index in [2.05, 4.69) is 9.55 Å². The van der Waals surface area contributed by atoms with Gasteiger partial charge in [-0.3, -0.25) is 4.98 Å². The maximum absolute atomic E-state index is 5.64. The van der Waals surface area contributed by atoms with Crippen LogP contribution in [0.3, 0.4) is 0 Å². The normalized spacial score (nSPS) is 13.9. The number of nitrogens with two attached hydrogens (primary N) is 1. The minimum atomic E-state index is 0.659. The summed E-state index contributed by atoms with van der Waals surface area (Å²) in [5.74, 6) is 1.13. The van der Waals surface area contributed by atoms with Gasteiger partial charge in [0.2, 0.25) is 0 Å². The molecule has 0 spiro atoms. The van der Waals surface area contributed by atoms with Gasteiger partial charge in [0.1, 0.15) is 5.82 Å². The van der Waals surface area contributed by atoms with E-state index in [0.29, 0.717) is 6.54 Å². The molecule has 4 nitrogen and oxygen atoms in total. The Hall–Kier alpha value is -1.68. The minimum Gasteiger partial charge on any atom is -0.331 e. The van der Waals surface area contributed by atoms with Gasteiger partial charge in [-0.15, -0.1) is 0 Å². The standard InChI is InChI=1S/C13H16N4/c14-6-3-12-16-13(10-4-7-15-8-5-10)11-2-1-9-17(11)12/h4-5,7-8H,1-3,6,9,14H2. The summed E-state index contributed by atoms with van der Waals surface area (Å²) in [6, 6.07) is 4.04. The van der Waals surface area contributed by atoms with Crippen molar-refractivity contribution in [3.05, 3.63) is 36.0 Å². The number of imidazole rings is 1. The Bertz CT molecular complexity index is 516. The molecule has 2 aromatic heterocycles. The average Bonchev–Trinajstić information content (AvgIpc) is 2.94. The van der Waals surface area contributed by atoms with E-state index in [1.165, 1.54) is 12.1 Å². The molecule has 0 amide bonds. The zero-order valence-electron chi connectivity index (χ0n) is 9.76. The largest absolute Gasteiger partial charge is 0.331 e. The molecule has 0 aromatic carbocycles. The van der Waals surface area contributed by atoms with Gasteiger partial charge in [0, 0.05) is 36.6 Å². The van der Waals surface area contributed by atoms with Crippen molar-refractivity contribution in [2.45, 2.75) is 25.8 Å². The molecular weight excluding hydrogens is 212 g/mol. The second-order valence-electron chi connectivity index (χ2n) is 4.35. The Kier molecular flexibility index (Phi) is 2.65. The summed E-state index contributed by atoms with van der Waals surface area (Å²) in [7, 11) is 0. The van der Waals surface area contributed by atoms with Crippen LogP contribution in [0.5, 0.6) is 0 Å². The van der Waals surface area contributed by atoms with E-state index in [1.54, 1.807) is 0 Å². The van der Waals surface area contributed by atoms with Crippen molar-refractivity contribution in [1.82, 2.24) is 14.5 Å². The van der Waals surface area contributed by atoms with E-state index in [9.17, 15) is 0 Å². The van der Waals surface area contributed by atoms with Gasteiger partial charge in [-0.1, -0.05) is 0 Å². The molecule has 2 N–H and O–H groups in total. The Morgan fingerprint density at radius 1 is 1.29 bits per heavy atom. The number of hydrogen-bond acceptors (Lipinski definition) is 3. The van der Waals surface area contributed by atoms with Crippen molar-refractivity contribution >= 4 is 0 Å². The Morgan fingerprint density at radius 2 is 2.12 bits per heavy atom. The predicted octanol–water partition coefficient (Wildman–Crippen LogP) is 1.39. The van der Waals surface area contributed by atoms with Crippen molar-refractivity contribution in [3.8, 4) is 11.3 Å². The highest BCUT2D eigenvalue weighted by atomic mass is 15.1. The van der Waals surface area contributed by atoms with Gasteiger partial charge in [0.15, 0.2) is 0 Å². The molecule has 0 saturated carbocycles. The molecule has 4 heteroatoms. The number of fused-ring (bicyclic) bond motifs is 1. The van der Waals surface area contributed by atoms with Gasteiger partial charge >= 0.3 is 0 Å². The molecule has 0 fully saturated rings. The first-order valence-corrected chi connectivity index (χ1v) is 6.09. The van der Waals surface area contributed by atoms with Crippen LogP contribution in [-0.2, 0) is 19.4 Å². The summed E-state index contributed by atoms with van der Waals surface area (Å²) in [6.07, 6.45) is 6.83. The molecular formula is C13H16N4. The van der Waals surface area contributed by atoms with Crippen molar-refractivity contribution in [1.29, 1.82) is 0 Å². The van der Waals surface area contributed by atoms with Crippen LogP contribution in [0.25, 0.3) is 11.3 Å². The second kappa shape index (κ2) is 4.30. The number of nitrogens with zero attached hydrogens (tertiary/aromatic N) is 3.